The number of hydrogen-bond donors (Lipinski definition) is 1. The first kappa shape index (κ1) is 19.3. The minimum Gasteiger partial charge on any atom is -0.383 e. The maximum absolute atomic E-state index is 12.5. The summed E-state index contributed by atoms with van der Waals surface area (Å²) < 4.78 is 0. The van der Waals surface area contributed by atoms with Crippen LogP contribution in [0.25, 0.3) is 5.57 Å². The molecule has 0 unspecified atom stereocenters. The van der Waals surface area contributed by atoms with Crippen LogP contribution in [0.2, 0.25) is 0 Å². The molecule has 6 heteroatoms. The summed E-state index contributed by atoms with van der Waals surface area (Å²) >= 11 is 0. The first-order valence-electron chi connectivity index (χ1n) is 9.60. The van der Waals surface area contributed by atoms with Gasteiger partial charge in [0.25, 0.3) is 0 Å². The fourth-order valence-electron chi connectivity index (χ4n) is 3.67. The van der Waals surface area contributed by atoms with E-state index in [-0.39, 0.29) is 5.91 Å². The number of hydrogen-bond acceptors (Lipinski definition) is 3. The van der Waals surface area contributed by atoms with Crippen LogP contribution in [0.3, 0.4) is 0 Å². The predicted octanol–water partition coefficient (Wildman–Crippen LogP) is 2.01. The van der Waals surface area contributed by atoms with Gasteiger partial charge in [0.2, 0.25) is 5.91 Å². The minimum absolute atomic E-state index is 0.247. The fourth-order valence-corrected chi connectivity index (χ4v) is 3.67. The van der Waals surface area contributed by atoms with E-state index in [4.69, 9.17) is 5.73 Å². The quantitative estimate of drug-likeness (QED) is 0.639. The number of benzene rings is 1. The Kier molecular flexibility index (Phi) is 6.40. The lowest BCUT2D eigenvalue weighted by molar-refractivity contribution is -0.131. The summed E-state index contributed by atoms with van der Waals surface area (Å²) in [5.74, 6) is 1.41. The van der Waals surface area contributed by atoms with E-state index in [0.717, 1.165) is 31.6 Å². The van der Waals surface area contributed by atoms with Gasteiger partial charge in [0, 0.05) is 32.2 Å². The van der Waals surface area contributed by atoms with Gasteiger partial charge in [-0.25, -0.2) is 4.99 Å². The Morgan fingerprint density at radius 1 is 1.30 bits per heavy atom. The first-order valence-corrected chi connectivity index (χ1v) is 9.60. The number of nitrogens with two attached hydrogens (primary N) is 1. The zero-order chi connectivity index (χ0) is 19.2. The van der Waals surface area contributed by atoms with E-state index >= 15 is 0 Å². The number of likely N-dealkylation sites (tertiary alicyclic amines) is 1. The molecule has 1 amide bonds. The van der Waals surface area contributed by atoms with Crippen molar-refractivity contribution in [3.8, 4) is 0 Å². The molecule has 1 saturated heterocycles. The number of carbonyl (C=O) groups is 1. The second-order valence-corrected chi connectivity index (χ2v) is 7.41. The summed E-state index contributed by atoms with van der Waals surface area (Å²) in [5.41, 5.74) is 9.27. The van der Waals surface area contributed by atoms with E-state index in [1.165, 1.54) is 23.9 Å². The van der Waals surface area contributed by atoms with Crippen molar-refractivity contribution in [1.29, 1.82) is 0 Å². The van der Waals surface area contributed by atoms with Crippen molar-refractivity contribution in [2.24, 2.45) is 21.6 Å². The predicted molar refractivity (Wildman–Crippen MR) is 111 cm³/mol. The van der Waals surface area contributed by atoms with Crippen LogP contribution >= 0.6 is 0 Å². The molecule has 1 fully saturated rings. The fraction of sp³-hybridized carbons (Fsp3) is 0.476. The number of carbonyl (C=O) groups excluding carboxylic acids is 1. The Labute approximate surface area is 161 Å². The summed E-state index contributed by atoms with van der Waals surface area (Å²) in [4.78, 5) is 24.7. The summed E-state index contributed by atoms with van der Waals surface area (Å²) in [7, 11) is 1.66. The highest BCUT2D eigenvalue weighted by Gasteiger charge is 2.24. The van der Waals surface area contributed by atoms with Crippen molar-refractivity contribution in [3.63, 3.8) is 0 Å². The molecular formula is C21H29N5O. The highest BCUT2D eigenvalue weighted by atomic mass is 16.2. The maximum atomic E-state index is 12.5. The van der Waals surface area contributed by atoms with E-state index in [1.807, 2.05) is 17.0 Å². The number of amides is 1. The molecule has 1 aromatic rings. The molecule has 0 aliphatic carbocycles. The third-order valence-corrected chi connectivity index (χ3v) is 5.29. The molecule has 1 aromatic carbocycles. The van der Waals surface area contributed by atoms with Crippen LogP contribution in [0.1, 0.15) is 30.9 Å². The SMILES string of the molecule is CN=CN=C(N)c1ccc(C2=CCN(C(=O)CN3CC[C@@H](C)C3)CC2)cc1. The van der Waals surface area contributed by atoms with Gasteiger partial charge in [-0.15, -0.1) is 0 Å². The lowest BCUT2D eigenvalue weighted by Gasteiger charge is -2.28. The zero-order valence-corrected chi connectivity index (χ0v) is 16.3. The lowest BCUT2D eigenvalue weighted by atomic mass is 9.98. The van der Waals surface area contributed by atoms with Crippen molar-refractivity contribution >= 4 is 23.7 Å². The van der Waals surface area contributed by atoms with Crippen LogP contribution in [0.4, 0.5) is 0 Å². The van der Waals surface area contributed by atoms with Crippen LogP contribution in [0.5, 0.6) is 0 Å². The van der Waals surface area contributed by atoms with Gasteiger partial charge in [-0.05, 0) is 36.4 Å². The van der Waals surface area contributed by atoms with E-state index in [9.17, 15) is 4.79 Å². The van der Waals surface area contributed by atoms with E-state index in [1.54, 1.807) is 7.05 Å². The molecule has 0 spiro atoms. The number of aliphatic imine (C=N–C) groups is 2. The molecule has 27 heavy (non-hydrogen) atoms. The second kappa shape index (κ2) is 8.95. The smallest absolute Gasteiger partial charge is 0.237 e. The molecule has 2 aliphatic rings. The molecule has 3 rings (SSSR count). The van der Waals surface area contributed by atoms with Crippen LogP contribution < -0.4 is 5.73 Å². The lowest BCUT2D eigenvalue weighted by Crippen LogP contribution is -2.41. The zero-order valence-electron chi connectivity index (χ0n) is 16.3. The normalized spacial score (nSPS) is 21.7. The number of rotatable bonds is 5. The molecule has 2 aliphatic heterocycles. The van der Waals surface area contributed by atoms with E-state index in [2.05, 4.69) is 40.0 Å². The monoisotopic (exact) mass is 367 g/mol. The Morgan fingerprint density at radius 2 is 2.07 bits per heavy atom. The van der Waals surface area contributed by atoms with E-state index < -0.39 is 0 Å². The highest BCUT2D eigenvalue weighted by Crippen LogP contribution is 2.23. The van der Waals surface area contributed by atoms with Crippen LogP contribution in [-0.2, 0) is 4.79 Å². The van der Waals surface area contributed by atoms with Crippen molar-refractivity contribution in [1.82, 2.24) is 9.80 Å². The summed E-state index contributed by atoms with van der Waals surface area (Å²) in [6.07, 6.45) is 5.70. The van der Waals surface area contributed by atoms with Crippen LogP contribution in [-0.4, -0.2) is 67.7 Å². The number of nitrogens with zero attached hydrogens (tertiary/aromatic N) is 4. The molecule has 144 valence electrons. The van der Waals surface area contributed by atoms with Gasteiger partial charge >= 0.3 is 0 Å². The van der Waals surface area contributed by atoms with Gasteiger partial charge < -0.3 is 10.6 Å². The summed E-state index contributed by atoms with van der Waals surface area (Å²) in [6.45, 7) is 6.38. The Balaban J connectivity index is 1.57. The molecule has 0 saturated carbocycles. The molecule has 2 heterocycles. The molecule has 0 radical (unpaired) electrons. The first-order chi connectivity index (χ1) is 13.1. The largest absolute Gasteiger partial charge is 0.383 e. The van der Waals surface area contributed by atoms with Crippen molar-refractivity contribution in [2.75, 3.05) is 39.8 Å². The third-order valence-electron chi connectivity index (χ3n) is 5.29. The van der Waals surface area contributed by atoms with Gasteiger partial charge in [0.1, 0.15) is 12.2 Å². The summed E-state index contributed by atoms with van der Waals surface area (Å²) in [5, 5.41) is 0. The Bertz CT molecular complexity index is 750. The summed E-state index contributed by atoms with van der Waals surface area (Å²) in [6, 6.07) is 8.08. The van der Waals surface area contributed by atoms with Gasteiger partial charge in [-0.3, -0.25) is 14.7 Å². The van der Waals surface area contributed by atoms with Crippen molar-refractivity contribution < 1.29 is 4.79 Å². The highest BCUT2D eigenvalue weighted by molar-refractivity contribution is 6.01. The van der Waals surface area contributed by atoms with Gasteiger partial charge in [-0.2, -0.15) is 0 Å². The standard InChI is InChI=1S/C21H29N5O/c1-16-7-10-25(13-16)14-20(27)26-11-8-18(9-12-26)17-3-5-19(6-4-17)21(22)24-15-23-2/h3-6,8,15-16H,7,9-14H2,1-2H3,(H2,22,23,24)/t16-/m1/s1. The molecule has 2 N–H and O–H groups in total. The van der Waals surface area contributed by atoms with Crippen molar-refractivity contribution in [2.45, 2.75) is 19.8 Å². The average molecular weight is 367 g/mol. The van der Waals surface area contributed by atoms with Gasteiger partial charge in [-0.1, -0.05) is 37.3 Å². The van der Waals surface area contributed by atoms with E-state index in [0.29, 0.717) is 24.8 Å². The van der Waals surface area contributed by atoms with Crippen LogP contribution in [0.15, 0.2) is 40.3 Å². The molecule has 1 atom stereocenters. The van der Waals surface area contributed by atoms with Crippen LogP contribution in [0, 0.1) is 5.92 Å². The van der Waals surface area contributed by atoms with Gasteiger partial charge in [0.15, 0.2) is 0 Å². The molecular weight excluding hydrogens is 338 g/mol. The number of amidine groups is 1. The molecule has 0 bridgehead atoms. The average Bonchev–Trinajstić information content (AvgIpc) is 3.11. The maximum Gasteiger partial charge on any atom is 0.237 e. The second-order valence-electron chi connectivity index (χ2n) is 7.41. The topological polar surface area (TPSA) is 74.3 Å². The Hall–Kier alpha value is -2.47. The third kappa shape index (κ3) is 5.04. The van der Waals surface area contributed by atoms with Gasteiger partial charge in [0.05, 0.1) is 6.54 Å². The minimum atomic E-state index is 0.247. The Morgan fingerprint density at radius 3 is 2.67 bits per heavy atom. The van der Waals surface area contributed by atoms with Crippen molar-refractivity contribution in [3.05, 3.63) is 41.5 Å². The molecule has 6 nitrogen and oxygen atoms in total. The molecule has 0 aromatic heterocycles.